The van der Waals surface area contributed by atoms with E-state index in [9.17, 15) is 8.42 Å². The molecule has 0 aromatic heterocycles. The van der Waals surface area contributed by atoms with E-state index in [4.69, 9.17) is 27.9 Å². The lowest BCUT2D eigenvalue weighted by Crippen LogP contribution is -2.35. The smallest absolute Gasteiger partial charge is 0.154 e. The second-order valence-electron chi connectivity index (χ2n) is 4.75. The van der Waals surface area contributed by atoms with Gasteiger partial charge < -0.3 is 4.74 Å². The maximum atomic E-state index is 11.9. The Balaban J connectivity index is 3.46. The number of hydrogen-bond donors (Lipinski definition) is 0. The Kier molecular flexibility index (Phi) is 5.21. The Morgan fingerprint density at radius 1 is 1.37 bits per heavy atom. The van der Waals surface area contributed by atoms with E-state index in [0.717, 1.165) is 6.26 Å². The van der Waals surface area contributed by atoms with Crippen molar-refractivity contribution in [2.75, 3.05) is 13.4 Å². The molecule has 0 spiro atoms. The fourth-order valence-electron chi connectivity index (χ4n) is 1.55. The molecule has 7 heteroatoms. The average molecular weight is 390 g/mol. The molecule has 3 nitrogen and oxygen atoms in total. The Morgan fingerprint density at radius 2 is 1.89 bits per heavy atom. The molecule has 1 rings (SSSR count). The fourth-order valence-corrected chi connectivity index (χ4v) is 3.69. The summed E-state index contributed by atoms with van der Waals surface area (Å²) in [6.07, 6.45) is 1.16. The van der Waals surface area contributed by atoms with Gasteiger partial charge in [0.1, 0.15) is 5.75 Å². The van der Waals surface area contributed by atoms with Gasteiger partial charge in [0.05, 0.1) is 21.7 Å². The third kappa shape index (κ3) is 3.38. The quantitative estimate of drug-likeness (QED) is 0.724. The predicted octanol–water partition coefficient (Wildman–Crippen LogP) is 4.21. The predicted molar refractivity (Wildman–Crippen MR) is 83.2 cm³/mol. The van der Waals surface area contributed by atoms with Gasteiger partial charge in [0.2, 0.25) is 0 Å². The maximum Gasteiger partial charge on any atom is 0.154 e. The number of alkyl halides is 1. The normalized spacial score (nSPS) is 14.3. The number of benzene rings is 1. The summed E-state index contributed by atoms with van der Waals surface area (Å²) in [6, 6.07) is 3.29. The number of halogens is 3. The highest BCUT2D eigenvalue weighted by molar-refractivity contribution is 9.10. The van der Waals surface area contributed by atoms with Crippen LogP contribution in [0.4, 0.5) is 0 Å². The highest BCUT2D eigenvalue weighted by Gasteiger charge is 2.40. The first kappa shape index (κ1) is 17.1. The van der Waals surface area contributed by atoms with Crippen molar-refractivity contribution in [1.29, 1.82) is 0 Å². The summed E-state index contributed by atoms with van der Waals surface area (Å²) in [7, 11) is -1.85. The van der Waals surface area contributed by atoms with Crippen LogP contribution in [0.25, 0.3) is 0 Å². The number of hydrogen-bond acceptors (Lipinski definition) is 3. The molecule has 19 heavy (non-hydrogen) atoms. The second kappa shape index (κ2) is 5.80. The molecule has 1 aromatic carbocycles. The van der Waals surface area contributed by atoms with E-state index in [0.29, 0.717) is 20.8 Å². The lowest BCUT2D eigenvalue weighted by molar-refractivity contribution is 0.403. The number of methoxy groups -OCH3 is 1. The Labute approximate surface area is 132 Å². The van der Waals surface area contributed by atoms with E-state index in [-0.39, 0.29) is 0 Å². The van der Waals surface area contributed by atoms with Gasteiger partial charge in [-0.05, 0) is 41.9 Å². The van der Waals surface area contributed by atoms with E-state index >= 15 is 0 Å². The zero-order valence-corrected chi connectivity index (χ0v) is 14.9. The molecule has 1 unspecified atom stereocenters. The van der Waals surface area contributed by atoms with Crippen LogP contribution < -0.4 is 4.74 Å². The van der Waals surface area contributed by atoms with Crippen molar-refractivity contribution in [2.24, 2.45) is 0 Å². The molecule has 0 fully saturated rings. The summed E-state index contributed by atoms with van der Waals surface area (Å²) >= 11 is 15.7. The SMILES string of the molecule is COc1c(Br)cc(Cl)cc1C(Cl)C(C)(C)S(C)(=O)=O. The number of ether oxygens (including phenoxy) is 1. The highest BCUT2D eigenvalue weighted by Crippen LogP contribution is 2.45. The van der Waals surface area contributed by atoms with Crippen molar-refractivity contribution < 1.29 is 13.2 Å². The fraction of sp³-hybridized carbons (Fsp3) is 0.500. The highest BCUT2D eigenvalue weighted by atomic mass is 79.9. The third-order valence-electron chi connectivity index (χ3n) is 3.08. The Bertz CT molecular complexity index is 585. The van der Waals surface area contributed by atoms with Crippen LogP contribution in [0.5, 0.6) is 5.75 Å². The first-order chi connectivity index (χ1) is 8.52. The van der Waals surface area contributed by atoms with Crippen molar-refractivity contribution in [1.82, 2.24) is 0 Å². The summed E-state index contributed by atoms with van der Waals surface area (Å²) in [5.41, 5.74) is 0.541. The van der Waals surface area contributed by atoms with Crippen molar-refractivity contribution in [2.45, 2.75) is 24.0 Å². The monoisotopic (exact) mass is 388 g/mol. The van der Waals surface area contributed by atoms with Gasteiger partial charge in [-0.15, -0.1) is 11.6 Å². The zero-order valence-electron chi connectivity index (χ0n) is 11.0. The molecule has 0 saturated heterocycles. The van der Waals surface area contributed by atoms with Gasteiger partial charge in [-0.1, -0.05) is 11.6 Å². The molecular weight excluding hydrogens is 375 g/mol. The average Bonchev–Trinajstić information content (AvgIpc) is 2.25. The van der Waals surface area contributed by atoms with E-state index in [1.807, 2.05) is 0 Å². The molecule has 0 aliphatic carbocycles. The largest absolute Gasteiger partial charge is 0.495 e. The summed E-state index contributed by atoms with van der Waals surface area (Å²) in [5, 5.41) is -0.329. The van der Waals surface area contributed by atoms with Crippen molar-refractivity contribution in [3.05, 3.63) is 27.2 Å². The van der Waals surface area contributed by atoms with Crippen LogP contribution in [-0.4, -0.2) is 26.5 Å². The zero-order chi connectivity index (χ0) is 15.0. The Hall–Kier alpha value is 0.0300. The molecule has 0 radical (unpaired) electrons. The second-order valence-corrected chi connectivity index (χ2v) is 9.07. The van der Waals surface area contributed by atoms with Crippen LogP contribution in [0.1, 0.15) is 24.8 Å². The van der Waals surface area contributed by atoms with Gasteiger partial charge in [0, 0.05) is 16.8 Å². The molecule has 0 aliphatic rings. The van der Waals surface area contributed by atoms with Crippen molar-refractivity contribution in [3.63, 3.8) is 0 Å². The molecule has 0 amide bonds. The van der Waals surface area contributed by atoms with Crippen molar-refractivity contribution >= 4 is 49.0 Å². The molecular formula is C12H15BrCl2O3S. The molecule has 0 aliphatic heterocycles. The molecule has 1 atom stereocenters. The number of sulfone groups is 1. The standard InChI is InChI=1S/C12H15BrCl2O3S/c1-12(2,19(4,16)17)11(15)8-5-7(14)6-9(13)10(8)18-3/h5-6,11H,1-4H3. The van der Waals surface area contributed by atoms with Crippen LogP contribution in [0, 0.1) is 0 Å². The van der Waals surface area contributed by atoms with E-state index < -0.39 is 20.0 Å². The van der Waals surface area contributed by atoms with Crippen LogP contribution in [0.2, 0.25) is 5.02 Å². The summed E-state index contributed by atoms with van der Waals surface area (Å²) in [4.78, 5) is 0. The first-order valence-corrected chi connectivity index (χ1v) is 8.89. The Morgan fingerprint density at radius 3 is 2.32 bits per heavy atom. The molecule has 108 valence electrons. The lowest BCUT2D eigenvalue weighted by Gasteiger charge is -2.29. The molecule has 0 saturated carbocycles. The van der Waals surface area contributed by atoms with Crippen LogP contribution >= 0.6 is 39.1 Å². The van der Waals surface area contributed by atoms with Gasteiger partial charge in [-0.25, -0.2) is 8.42 Å². The molecule has 0 N–H and O–H groups in total. The van der Waals surface area contributed by atoms with Crippen LogP contribution in [0.15, 0.2) is 16.6 Å². The maximum absolute atomic E-state index is 11.9. The van der Waals surface area contributed by atoms with Gasteiger partial charge >= 0.3 is 0 Å². The first-order valence-electron chi connectivity index (χ1n) is 5.39. The molecule has 1 aromatic rings. The van der Waals surface area contributed by atoms with Gasteiger partial charge in [0.25, 0.3) is 0 Å². The lowest BCUT2D eigenvalue weighted by atomic mass is 10.0. The van der Waals surface area contributed by atoms with E-state index in [1.54, 1.807) is 26.0 Å². The molecule has 0 bridgehead atoms. The van der Waals surface area contributed by atoms with Crippen LogP contribution in [0.3, 0.4) is 0 Å². The van der Waals surface area contributed by atoms with Gasteiger partial charge in [-0.2, -0.15) is 0 Å². The third-order valence-corrected chi connectivity index (χ3v) is 6.94. The van der Waals surface area contributed by atoms with E-state index in [1.165, 1.54) is 7.11 Å². The summed E-state index contributed by atoms with van der Waals surface area (Å²) < 4.78 is 28.5. The summed E-state index contributed by atoms with van der Waals surface area (Å²) in [6.45, 7) is 3.16. The van der Waals surface area contributed by atoms with Crippen LogP contribution in [-0.2, 0) is 9.84 Å². The minimum absolute atomic E-state index is 0.456. The topological polar surface area (TPSA) is 43.4 Å². The van der Waals surface area contributed by atoms with Gasteiger partial charge in [0.15, 0.2) is 9.84 Å². The number of rotatable bonds is 4. The molecule has 0 heterocycles. The minimum Gasteiger partial charge on any atom is -0.495 e. The minimum atomic E-state index is -3.35. The van der Waals surface area contributed by atoms with E-state index in [2.05, 4.69) is 15.9 Å². The summed E-state index contributed by atoms with van der Waals surface area (Å²) in [5.74, 6) is 0.487. The van der Waals surface area contributed by atoms with Gasteiger partial charge in [-0.3, -0.25) is 0 Å². The van der Waals surface area contributed by atoms with Crippen molar-refractivity contribution in [3.8, 4) is 5.75 Å².